The van der Waals surface area contributed by atoms with Gasteiger partial charge in [-0.05, 0) is 73.6 Å². The van der Waals surface area contributed by atoms with Crippen LogP contribution in [0.15, 0.2) is 42.5 Å². The molecular weight excluding hydrogens is 600 g/mol. The number of hydrogen-bond donors (Lipinski definition) is 2. The SMILES string of the molecule is CCOC(=O)CC(c1ccc(C)c(CN2Cc3cc(O)c(OC)cc3OS2(=O)=O)c1)c1ccc2c(nnn2CCCCO)c1C. The van der Waals surface area contributed by atoms with Crippen LogP contribution in [-0.4, -0.2) is 64.2 Å². The Morgan fingerprint density at radius 2 is 1.93 bits per heavy atom. The fourth-order valence-corrected chi connectivity index (χ4v) is 6.77. The van der Waals surface area contributed by atoms with Crippen molar-refractivity contribution in [1.29, 1.82) is 0 Å². The first-order valence-electron chi connectivity index (χ1n) is 14.8. The molecule has 0 amide bonds. The zero-order chi connectivity index (χ0) is 32.3. The van der Waals surface area contributed by atoms with E-state index in [1.165, 1.54) is 23.5 Å². The Morgan fingerprint density at radius 3 is 2.67 bits per heavy atom. The number of esters is 1. The van der Waals surface area contributed by atoms with Gasteiger partial charge in [0.15, 0.2) is 17.2 Å². The third kappa shape index (κ3) is 6.75. The van der Waals surface area contributed by atoms with Crippen LogP contribution in [0.1, 0.15) is 65.5 Å². The molecule has 45 heavy (non-hydrogen) atoms. The van der Waals surface area contributed by atoms with Crippen molar-refractivity contribution in [1.82, 2.24) is 19.3 Å². The molecule has 0 bridgehead atoms. The van der Waals surface area contributed by atoms with Crippen molar-refractivity contribution in [3.8, 4) is 17.2 Å². The standard InChI is InChI=1S/C32H38N4O8S/c1-5-43-31(39)16-26(25-10-11-27-32(21(25)3)33-34-36(27)12-6-7-13-37)22-9-8-20(2)23(14-22)18-35-19-24-15-28(38)30(42-4)17-29(24)44-45(35,40)41/h8-11,14-15,17,26,37-38H,5-7,12-13,16,18-19H2,1-4H3. The molecule has 2 heterocycles. The van der Waals surface area contributed by atoms with Crippen molar-refractivity contribution >= 4 is 27.3 Å². The van der Waals surface area contributed by atoms with Crippen molar-refractivity contribution in [2.75, 3.05) is 20.3 Å². The van der Waals surface area contributed by atoms with Crippen molar-refractivity contribution in [3.05, 3.63) is 75.8 Å². The van der Waals surface area contributed by atoms with Crippen LogP contribution in [0.25, 0.3) is 11.0 Å². The number of aliphatic hydroxyl groups excluding tert-OH is 1. The maximum atomic E-state index is 13.2. The van der Waals surface area contributed by atoms with E-state index in [9.17, 15) is 18.3 Å². The van der Waals surface area contributed by atoms with Crippen LogP contribution < -0.4 is 8.92 Å². The molecule has 0 aliphatic carbocycles. The monoisotopic (exact) mass is 638 g/mol. The Hall–Kier alpha value is -4.20. The molecule has 240 valence electrons. The molecule has 1 aliphatic rings. The highest BCUT2D eigenvalue weighted by Crippen LogP contribution is 2.39. The summed E-state index contributed by atoms with van der Waals surface area (Å²) in [7, 11) is -2.77. The predicted octanol–water partition coefficient (Wildman–Crippen LogP) is 4.26. The summed E-state index contributed by atoms with van der Waals surface area (Å²) in [5.74, 6) is -0.637. The van der Waals surface area contributed by atoms with E-state index < -0.39 is 16.2 Å². The van der Waals surface area contributed by atoms with Gasteiger partial charge in [-0.2, -0.15) is 12.7 Å². The summed E-state index contributed by atoms with van der Waals surface area (Å²) >= 11 is 0. The van der Waals surface area contributed by atoms with E-state index in [2.05, 4.69) is 10.3 Å². The molecule has 0 radical (unpaired) electrons. The van der Waals surface area contributed by atoms with Crippen LogP contribution in [0.2, 0.25) is 0 Å². The molecule has 4 aromatic rings. The van der Waals surface area contributed by atoms with Gasteiger partial charge in [-0.1, -0.05) is 29.5 Å². The van der Waals surface area contributed by atoms with Gasteiger partial charge in [0.2, 0.25) is 0 Å². The third-order valence-electron chi connectivity index (χ3n) is 8.15. The maximum Gasteiger partial charge on any atom is 0.385 e. The lowest BCUT2D eigenvalue weighted by Crippen LogP contribution is -2.37. The molecule has 1 aliphatic heterocycles. The van der Waals surface area contributed by atoms with Gasteiger partial charge < -0.3 is 23.9 Å². The number of hydrogen-bond acceptors (Lipinski definition) is 10. The van der Waals surface area contributed by atoms with Gasteiger partial charge >= 0.3 is 16.3 Å². The average Bonchev–Trinajstić information content (AvgIpc) is 3.42. The summed E-state index contributed by atoms with van der Waals surface area (Å²) in [6.45, 7) is 6.62. The predicted molar refractivity (Wildman–Crippen MR) is 166 cm³/mol. The highest BCUT2D eigenvalue weighted by molar-refractivity contribution is 7.84. The second kappa shape index (κ2) is 13.4. The Morgan fingerprint density at radius 1 is 1.13 bits per heavy atom. The number of carbonyl (C=O) groups is 1. The average molecular weight is 639 g/mol. The lowest BCUT2D eigenvalue weighted by atomic mass is 9.84. The van der Waals surface area contributed by atoms with E-state index >= 15 is 0 Å². The first kappa shape index (κ1) is 32.2. The second-order valence-electron chi connectivity index (χ2n) is 11.1. The molecule has 2 N–H and O–H groups in total. The van der Waals surface area contributed by atoms with Gasteiger partial charge in [0.1, 0.15) is 5.52 Å². The third-order valence-corrected chi connectivity index (χ3v) is 9.44. The summed E-state index contributed by atoms with van der Waals surface area (Å²) in [4.78, 5) is 12.9. The minimum atomic E-state index is -4.15. The van der Waals surface area contributed by atoms with E-state index in [-0.39, 0.29) is 55.9 Å². The Balaban J connectivity index is 1.50. The van der Waals surface area contributed by atoms with Crippen molar-refractivity contribution in [2.24, 2.45) is 0 Å². The van der Waals surface area contributed by atoms with E-state index in [0.717, 1.165) is 45.3 Å². The molecule has 1 atom stereocenters. The number of aromatic nitrogens is 3. The summed E-state index contributed by atoms with van der Waals surface area (Å²) in [5.41, 5.74) is 6.30. The summed E-state index contributed by atoms with van der Waals surface area (Å²) in [6, 6.07) is 12.5. The molecule has 1 unspecified atom stereocenters. The highest BCUT2D eigenvalue weighted by Gasteiger charge is 2.33. The van der Waals surface area contributed by atoms with Crippen molar-refractivity contribution in [3.63, 3.8) is 0 Å². The van der Waals surface area contributed by atoms with Crippen LogP contribution in [0.4, 0.5) is 0 Å². The maximum absolute atomic E-state index is 13.2. The summed E-state index contributed by atoms with van der Waals surface area (Å²) in [6.07, 6.45) is 1.52. The molecule has 0 spiro atoms. The van der Waals surface area contributed by atoms with Crippen LogP contribution in [0.5, 0.6) is 17.2 Å². The number of carbonyl (C=O) groups excluding carboxylic acids is 1. The highest BCUT2D eigenvalue weighted by atomic mass is 32.2. The number of phenols is 1. The molecule has 3 aromatic carbocycles. The van der Waals surface area contributed by atoms with Gasteiger partial charge in [-0.25, -0.2) is 4.68 Å². The topological polar surface area (TPSA) is 153 Å². The Labute approximate surface area is 262 Å². The first-order valence-corrected chi connectivity index (χ1v) is 16.2. The lowest BCUT2D eigenvalue weighted by Gasteiger charge is -2.29. The fourth-order valence-electron chi connectivity index (χ4n) is 5.69. The number of aromatic hydroxyl groups is 1. The van der Waals surface area contributed by atoms with E-state index in [4.69, 9.17) is 18.8 Å². The normalized spacial score (nSPS) is 15.0. The van der Waals surface area contributed by atoms with Crippen LogP contribution in [0.3, 0.4) is 0 Å². The van der Waals surface area contributed by atoms with E-state index in [1.807, 2.05) is 48.9 Å². The van der Waals surface area contributed by atoms with Gasteiger partial charge in [-0.15, -0.1) is 5.10 Å². The van der Waals surface area contributed by atoms with Crippen LogP contribution in [-0.2, 0) is 39.5 Å². The van der Waals surface area contributed by atoms with Crippen molar-refractivity contribution < 1.29 is 37.1 Å². The van der Waals surface area contributed by atoms with Gasteiger partial charge in [0, 0.05) is 43.8 Å². The zero-order valence-corrected chi connectivity index (χ0v) is 26.6. The number of phenolic OH excluding ortho intramolecular Hbond substituents is 1. The molecular formula is C32H38N4O8S. The minimum absolute atomic E-state index is 0.00508. The number of nitrogens with zero attached hydrogens (tertiary/aromatic N) is 4. The molecule has 0 saturated carbocycles. The molecule has 0 fully saturated rings. The van der Waals surface area contributed by atoms with Crippen LogP contribution in [0, 0.1) is 13.8 Å². The van der Waals surface area contributed by atoms with Gasteiger partial charge in [-0.3, -0.25) is 4.79 Å². The number of aryl methyl sites for hydroxylation is 3. The minimum Gasteiger partial charge on any atom is -0.504 e. The molecule has 1 aromatic heterocycles. The number of fused-ring (bicyclic) bond motifs is 2. The summed E-state index contributed by atoms with van der Waals surface area (Å²) in [5, 5.41) is 28.2. The van der Waals surface area contributed by atoms with Gasteiger partial charge in [0.05, 0.1) is 25.7 Å². The number of methoxy groups -OCH3 is 1. The largest absolute Gasteiger partial charge is 0.504 e. The molecule has 12 nitrogen and oxygen atoms in total. The molecule has 13 heteroatoms. The number of benzene rings is 3. The lowest BCUT2D eigenvalue weighted by molar-refractivity contribution is -0.143. The Bertz CT molecular complexity index is 1820. The van der Waals surface area contributed by atoms with Crippen LogP contribution >= 0.6 is 0 Å². The Kier molecular flexibility index (Phi) is 9.61. The van der Waals surface area contributed by atoms with E-state index in [0.29, 0.717) is 18.5 Å². The smallest absolute Gasteiger partial charge is 0.385 e. The molecule has 5 rings (SSSR count). The number of aliphatic hydroxyl groups is 1. The number of unbranched alkanes of at least 4 members (excludes halogenated alkanes) is 1. The number of rotatable bonds is 12. The molecule has 0 saturated heterocycles. The second-order valence-corrected chi connectivity index (χ2v) is 12.6. The quantitative estimate of drug-likeness (QED) is 0.170. The first-order chi connectivity index (χ1) is 21.6. The van der Waals surface area contributed by atoms with E-state index in [1.54, 1.807) is 6.92 Å². The fraction of sp³-hybridized carbons (Fsp3) is 0.406. The van der Waals surface area contributed by atoms with Crippen molar-refractivity contribution in [2.45, 2.75) is 65.6 Å². The zero-order valence-electron chi connectivity index (χ0n) is 25.8. The number of ether oxygens (including phenoxy) is 2. The van der Waals surface area contributed by atoms with Gasteiger partial charge in [0.25, 0.3) is 0 Å². The summed E-state index contributed by atoms with van der Waals surface area (Å²) < 4.78 is 45.2.